The Balaban J connectivity index is 1.77. The highest BCUT2D eigenvalue weighted by atomic mass is 35.5. The highest BCUT2D eigenvalue weighted by Crippen LogP contribution is 2.34. The molecule has 3 N–H and O–H groups in total. The van der Waals surface area contributed by atoms with Crippen molar-refractivity contribution in [3.8, 4) is 11.5 Å². The Morgan fingerprint density at radius 2 is 1.80 bits per heavy atom. The number of hydrogen-bond donors (Lipinski definition) is 2. The van der Waals surface area contributed by atoms with Gasteiger partial charge in [-0.25, -0.2) is 13.6 Å². The van der Waals surface area contributed by atoms with Crippen molar-refractivity contribution in [3.63, 3.8) is 0 Å². The maximum absolute atomic E-state index is 14.8. The van der Waals surface area contributed by atoms with Crippen LogP contribution in [0.25, 0.3) is 11.1 Å². The summed E-state index contributed by atoms with van der Waals surface area (Å²) in [4.78, 5) is 6.34. The minimum absolute atomic E-state index is 0.0329. The van der Waals surface area contributed by atoms with Crippen molar-refractivity contribution in [2.24, 2.45) is 5.14 Å². The molecule has 1 aliphatic rings. The molecule has 0 aliphatic carbocycles. The van der Waals surface area contributed by atoms with Gasteiger partial charge in [-0.2, -0.15) is 9.37 Å². The number of anilines is 1. The minimum Gasteiger partial charge on any atom is -0.491 e. The van der Waals surface area contributed by atoms with E-state index >= 15 is 0 Å². The van der Waals surface area contributed by atoms with Gasteiger partial charge in [-0.05, 0) is 63.5 Å². The average Bonchev–Trinajstić information content (AvgIpc) is 3.22. The number of benzene rings is 2. The van der Waals surface area contributed by atoms with Crippen LogP contribution in [0.4, 0.5) is 10.4 Å². The molecule has 2 heterocycles. The Morgan fingerprint density at radius 1 is 1.17 bits per heavy atom. The summed E-state index contributed by atoms with van der Waals surface area (Å²) >= 11 is 6.14. The van der Waals surface area contributed by atoms with Crippen LogP contribution >= 0.6 is 11.6 Å². The zero-order valence-corrected chi connectivity index (χ0v) is 21.1. The summed E-state index contributed by atoms with van der Waals surface area (Å²) in [5.41, 5.74) is 1.40. The number of rotatable bonds is 9. The predicted molar refractivity (Wildman–Crippen MR) is 131 cm³/mol. The monoisotopic (exact) mass is 526 g/mol. The van der Waals surface area contributed by atoms with Crippen molar-refractivity contribution in [2.75, 3.05) is 31.2 Å². The minimum atomic E-state index is -4.03. The zero-order valence-electron chi connectivity index (χ0n) is 19.5. The Labute approximate surface area is 208 Å². The fraction of sp³-hybridized carbons (Fsp3) is 0.435. The molecule has 12 heteroatoms. The van der Waals surface area contributed by atoms with Crippen molar-refractivity contribution in [1.29, 1.82) is 0 Å². The van der Waals surface area contributed by atoms with Gasteiger partial charge < -0.3 is 24.1 Å². The molecule has 190 valence electrons. The number of aromatic nitrogens is 1. The number of primary sulfonamides is 1. The second-order valence-corrected chi connectivity index (χ2v) is 10.1. The van der Waals surface area contributed by atoms with E-state index in [1.807, 2.05) is 4.90 Å². The van der Waals surface area contributed by atoms with Gasteiger partial charge in [0.2, 0.25) is 15.8 Å². The first-order chi connectivity index (χ1) is 16.7. The third kappa shape index (κ3) is 5.64. The van der Waals surface area contributed by atoms with Crippen molar-refractivity contribution >= 4 is 38.7 Å². The van der Waals surface area contributed by atoms with E-state index in [9.17, 15) is 12.8 Å². The average molecular weight is 527 g/mol. The number of halogens is 2. The van der Waals surface area contributed by atoms with Gasteiger partial charge in [0, 0.05) is 18.7 Å². The number of nitrogens with one attached hydrogen (secondary N) is 1. The van der Waals surface area contributed by atoms with Gasteiger partial charge in [0.1, 0.15) is 10.4 Å². The van der Waals surface area contributed by atoms with E-state index in [0.717, 1.165) is 31.5 Å². The van der Waals surface area contributed by atoms with Gasteiger partial charge in [-0.15, -0.1) is 0 Å². The molecule has 4 rings (SSSR count). The molecule has 1 saturated heterocycles. The Kier molecular flexibility index (Phi) is 7.70. The van der Waals surface area contributed by atoms with Crippen LogP contribution in [-0.2, 0) is 16.6 Å². The first kappa shape index (κ1) is 25.5. The van der Waals surface area contributed by atoms with Gasteiger partial charge in [0.15, 0.2) is 17.1 Å². The summed E-state index contributed by atoms with van der Waals surface area (Å²) in [7, 11) is -4.03. The summed E-state index contributed by atoms with van der Waals surface area (Å²) in [6.45, 7) is 6.17. The van der Waals surface area contributed by atoms with Crippen LogP contribution in [-0.4, -0.2) is 45.7 Å². The second kappa shape index (κ2) is 10.6. The quantitative estimate of drug-likeness (QED) is 0.432. The number of ether oxygens (including phenoxy) is 2. The molecule has 2 aromatic carbocycles. The standard InChI is InChI=1S/C23H28ClFN4O5S/c1-3-32-19-9-14(10-20(22(19)25)33-4-2)13-29(15-5-7-27-8-6-15)23-28-17-11-16(24)21(35(26,30)31)12-18(17)34-23/h9-12,15,27H,3-8,13H2,1-2H3,(H2,26,30,31). The molecule has 3 aromatic rings. The van der Waals surface area contributed by atoms with Gasteiger partial charge in [-0.3, -0.25) is 0 Å². The van der Waals surface area contributed by atoms with Crippen LogP contribution in [0.3, 0.4) is 0 Å². The summed E-state index contributed by atoms with van der Waals surface area (Å²) in [5.74, 6) is -0.320. The molecule has 0 unspecified atom stereocenters. The molecular formula is C23H28ClFN4O5S. The van der Waals surface area contributed by atoms with Crippen molar-refractivity contribution in [2.45, 2.75) is 44.2 Å². The molecule has 0 atom stereocenters. The third-order valence-corrected chi connectivity index (χ3v) is 7.13. The van der Waals surface area contributed by atoms with E-state index < -0.39 is 15.8 Å². The Morgan fingerprint density at radius 3 is 2.37 bits per heavy atom. The lowest BCUT2D eigenvalue weighted by atomic mass is 10.0. The van der Waals surface area contributed by atoms with Crippen LogP contribution < -0.4 is 24.8 Å². The van der Waals surface area contributed by atoms with Crippen LogP contribution in [0.1, 0.15) is 32.3 Å². The topological polar surface area (TPSA) is 120 Å². The maximum Gasteiger partial charge on any atom is 0.298 e. The SMILES string of the molecule is CCOc1cc(CN(c2nc3cc(Cl)c(S(N)(=O)=O)cc3o2)C2CCNCC2)cc(OCC)c1F. The molecule has 9 nitrogen and oxygen atoms in total. The van der Waals surface area contributed by atoms with Gasteiger partial charge in [0.05, 0.1) is 18.2 Å². The zero-order chi connectivity index (χ0) is 25.2. The predicted octanol–water partition coefficient (Wildman–Crippen LogP) is 3.82. The summed E-state index contributed by atoms with van der Waals surface area (Å²) in [6, 6.07) is 6.37. The van der Waals surface area contributed by atoms with E-state index in [-0.39, 0.29) is 33.0 Å². The van der Waals surface area contributed by atoms with E-state index in [0.29, 0.717) is 31.3 Å². The molecule has 0 bridgehead atoms. The van der Waals surface area contributed by atoms with Crippen LogP contribution in [0.5, 0.6) is 11.5 Å². The van der Waals surface area contributed by atoms with Gasteiger partial charge in [0.25, 0.3) is 6.01 Å². The highest BCUT2D eigenvalue weighted by molar-refractivity contribution is 7.89. The van der Waals surface area contributed by atoms with E-state index in [2.05, 4.69) is 10.3 Å². The number of nitrogens with zero attached hydrogens (tertiary/aromatic N) is 2. The normalized spacial score (nSPS) is 14.9. The molecular weight excluding hydrogens is 499 g/mol. The number of piperidine rings is 1. The smallest absolute Gasteiger partial charge is 0.298 e. The van der Waals surface area contributed by atoms with E-state index in [1.54, 1.807) is 26.0 Å². The van der Waals surface area contributed by atoms with Crippen molar-refractivity contribution in [1.82, 2.24) is 10.3 Å². The number of fused-ring (bicyclic) bond motifs is 1. The van der Waals surface area contributed by atoms with Gasteiger partial charge >= 0.3 is 0 Å². The van der Waals surface area contributed by atoms with Crippen LogP contribution in [0.15, 0.2) is 33.6 Å². The molecule has 0 radical (unpaired) electrons. The van der Waals surface area contributed by atoms with Crippen LogP contribution in [0, 0.1) is 5.82 Å². The van der Waals surface area contributed by atoms with Gasteiger partial charge in [-0.1, -0.05) is 11.6 Å². The number of hydrogen-bond acceptors (Lipinski definition) is 8. The first-order valence-corrected chi connectivity index (χ1v) is 13.3. The Bertz CT molecular complexity index is 1280. The third-order valence-electron chi connectivity index (χ3n) is 5.75. The molecule has 0 saturated carbocycles. The lowest BCUT2D eigenvalue weighted by Gasteiger charge is -2.33. The molecule has 0 amide bonds. The molecule has 1 fully saturated rings. The van der Waals surface area contributed by atoms with E-state index in [4.69, 9.17) is 30.6 Å². The van der Waals surface area contributed by atoms with Crippen molar-refractivity contribution < 1.29 is 26.7 Å². The Hall–Kier alpha value is -2.60. The molecule has 1 aliphatic heterocycles. The first-order valence-electron chi connectivity index (χ1n) is 11.4. The molecule has 1 aromatic heterocycles. The summed E-state index contributed by atoms with van der Waals surface area (Å²) in [5, 5.41) is 8.58. The summed E-state index contributed by atoms with van der Waals surface area (Å²) in [6.07, 6.45) is 1.67. The molecule has 0 spiro atoms. The highest BCUT2D eigenvalue weighted by Gasteiger charge is 2.27. The number of oxazole rings is 1. The lowest BCUT2D eigenvalue weighted by molar-refractivity contribution is 0.291. The maximum atomic E-state index is 14.8. The summed E-state index contributed by atoms with van der Waals surface area (Å²) < 4.78 is 55.5. The number of nitrogens with two attached hydrogens (primary N) is 1. The fourth-order valence-corrected chi connectivity index (χ4v) is 5.25. The van der Waals surface area contributed by atoms with Crippen LogP contribution in [0.2, 0.25) is 5.02 Å². The van der Waals surface area contributed by atoms with E-state index in [1.165, 1.54) is 12.1 Å². The second-order valence-electron chi connectivity index (χ2n) is 8.17. The lowest BCUT2D eigenvalue weighted by Crippen LogP contribution is -2.43. The largest absolute Gasteiger partial charge is 0.491 e. The molecule has 35 heavy (non-hydrogen) atoms. The number of sulfonamides is 1. The van der Waals surface area contributed by atoms with Crippen molar-refractivity contribution in [3.05, 3.63) is 40.7 Å². The fourth-order valence-electron chi connectivity index (χ4n) is 4.17.